The highest BCUT2D eigenvalue weighted by Crippen LogP contribution is 2.32. The number of hydrogen-bond donors (Lipinski definition) is 0. The molecule has 0 saturated carbocycles. The third kappa shape index (κ3) is 4.38. The Bertz CT molecular complexity index is 358. The molecule has 0 aromatic heterocycles. The zero-order chi connectivity index (χ0) is 13.1. The van der Waals surface area contributed by atoms with Gasteiger partial charge in [0, 0.05) is 7.11 Å². The van der Waals surface area contributed by atoms with Crippen LogP contribution in [0.2, 0.25) is 0 Å². The van der Waals surface area contributed by atoms with Gasteiger partial charge in [-0.05, 0) is 17.0 Å². The summed E-state index contributed by atoms with van der Waals surface area (Å²) in [5, 5.41) is 0. The molecule has 1 unspecified atom stereocenters. The van der Waals surface area contributed by atoms with Crippen LogP contribution in [0.15, 0.2) is 24.3 Å². The maximum Gasteiger partial charge on any atom is 0.391 e. The van der Waals surface area contributed by atoms with Gasteiger partial charge in [-0.3, -0.25) is 0 Å². The van der Waals surface area contributed by atoms with Gasteiger partial charge < -0.3 is 4.74 Å². The second-order valence-electron chi connectivity index (χ2n) is 4.37. The predicted molar refractivity (Wildman–Crippen MR) is 61.0 cm³/mol. The maximum absolute atomic E-state index is 12.4. The third-order valence-corrected chi connectivity index (χ3v) is 2.65. The van der Waals surface area contributed by atoms with Crippen molar-refractivity contribution >= 4 is 0 Å². The largest absolute Gasteiger partial charge is 0.391 e. The molecule has 1 aromatic carbocycles. The normalized spacial score (nSPS) is 14.1. The highest BCUT2D eigenvalue weighted by atomic mass is 19.4. The third-order valence-electron chi connectivity index (χ3n) is 2.65. The molecular formula is C13H17F3O. The molecule has 4 heteroatoms. The number of ether oxygens (including phenoxy) is 1. The summed E-state index contributed by atoms with van der Waals surface area (Å²) < 4.78 is 42.0. The molecule has 0 fully saturated rings. The molecule has 17 heavy (non-hydrogen) atoms. The molecule has 1 aromatic rings. The average Bonchev–Trinajstić information content (AvgIpc) is 2.25. The fourth-order valence-electron chi connectivity index (χ4n) is 1.67. The first-order valence-corrected chi connectivity index (χ1v) is 5.53. The second kappa shape index (κ2) is 5.54. The summed E-state index contributed by atoms with van der Waals surface area (Å²) in [4.78, 5) is 0. The average molecular weight is 246 g/mol. The van der Waals surface area contributed by atoms with Crippen LogP contribution in [0.25, 0.3) is 0 Å². The summed E-state index contributed by atoms with van der Waals surface area (Å²) in [7, 11) is 1.30. The van der Waals surface area contributed by atoms with Gasteiger partial charge in [-0.2, -0.15) is 13.2 Å². The zero-order valence-electron chi connectivity index (χ0n) is 10.2. The smallest absolute Gasteiger partial charge is 0.376 e. The van der Waals surface area contributed by atoms with Crippen LogP contribution in [0.4, 0.5) is 13.2 Å². The van der Waals surface area contributed by atoms with E-state index in [2.05, 4.69) is 0 Å². The van der Waals surface area contributed by atoms with Crippen LogP contribution < -0.4 is 0 Å². The Morgan fingerprint density at radius 3 is 2.24 bits per heavy atom. The molecule has 0 amide bonds. The van der Waals surface area contributed by atoms with Gasteiger partial charge in [-0.15, -0.1) is 0 Å². The first kappa shape index (κ1) is 14.0. The topological polar surface area (TPSA) is 9.23 Å². The molecule has 0 aliphatic carbocycles. The minimum Gasteiger partial charge on any atom is -0.376 e. The molecule has 0 radical (unpaired) electrons. The van der Waals surface area contributed by atoms with E-state index in [4.69, 9.17) is 4.74 Å². The van der Waals surface area contributed by atoms with Crippen LogP contribution in [0.3, 0.4) is 0 Å². The van der Waals surface area contributed by atoms with Crippen LogP contribution >= 0.6 is 0 Å². The molecule has 1 rings (SSSR count). The highest BCUT2D eigenvalue weighted by molar-refractivity contribution is 5.27. The fraction of sp³-hybridized carbons (Fsp3) is 0.538. The van der Waals surface area contributed by atoms with Gasteiger partial charge in [0.15, 0.2) is 0 Å². The van der Waals surface area contributed by atoms with Crippen molar-refractivity contribution in [2.75, 3.05) is 7.11 Å². The van der Waals surface area contributed by atoms with Crippen LogP contribution in [-0.2, 0) is 4.74 Å². The van der Waals surface area contributed by atoms with Gasteiger partial charge in [-0.1, -0.05) is 38.1 Å². The van der Waals surface area contributed by atoms with Crippen molar-refractivity contribution < 1.29 is 17.9 Å². The Hall–Kier alpha value is -1.03. The first-order chi connectivity index (χ1) is 7.83. The molecule has 0 saturated heterocycles. The highest BCUT2D eigenvalue weighted by Gasteiger charge is 2.32. The number of halogens is 3. The molecule has 0 bridgehead atoms. The minimum absolute atomic E-state index is 0.290. The molecule has 0 N–H and O–H groups in total. The standard InChI is InChI=1S/C13H17F3O/c1-9(2)10-5-4-6-11(7-10)12(17-3)8-13(14,15)16/h4-7,9,12H,8H2,1-3H3. The van der Waals surface area contributed by atoms with E-state index in [1.807, 2.05) is 19.9 Å². The number of hydrogen-bond acceptors (Lipinski definition) is 1. The monoisotopic (exact) mass is 246 g/mol. The van der Waals surface area contributed by atoms with Crippen molar-refractivity contribution in [3.05, 3.63) is 35.4 Å². The van der Waals surface area contributed by atoms with Crippen molar-refractivity contribution in [1.82, 2.24) is 0 Å². The Morgan fingerprint density at radius 2 is 1.76 bits per heavy atom. The van der Waals surface area contributed by atoms with E-state index in [0.29, 0.717) is 11.5 Å². The maximum atomic E-state index is 12.4. The molecule has 1 atom stereocenters. The van der Waals surface area contributed by atoms with Gasteiger partial charge in [-0.25, -0.2) is 0 Å². The van der Waals surface area contributed by atoms with Crippen molar-refractivity contribution in [1.29, 1.82) is 0 Å². The zero-order valence-corrected chi connectivity index (χ0v) is 10.2. The van der Waals surface area contributed by atoms with Gasteiger partial charge in [0.1, 0.15) is 0 Å². The molecule has 0 aliphatic rings. The minimum atomic E-state index is -4.21. The van der Waals surface area contributed by atoms with Gasteiger partial charge in [0.2, 0.25) is 0 Å². The number of methoxy groups -OCH3 is 1. The number of alkyl halides is 3. The molecule has 0 heterocycles. The summed E-state index contributed by atoms with van der Waals surface area (Å²) in [6, 6.07) is 7.14. The summed E-state index contributed by atoms with van der Waals surface area (Å²) in [6.07, 6.45) is -6.09. The van der Waals surface area contributed by atoms with E-state index in [-0.39, 0.29) is 0 Å². The van der Waals surface area contributed by atoms with Crippen molar-refractivity contribution in [2.24, 2.45) is 0 Å². The molecule has 1 nitrogen and oxygen atoms in total. The molecule has 0 spiro atoms. The van der Waals surface area contributed by atoms with E-state index >= 15 is 0 Å². The second-order valence-corrected chi connectivity index (χ2v) is 4.37. The van der Waals surface area contributed by atoms with Gasteiger partial charge in [0.05, 0.1) is 12.5 Å². The lowest BCUT2D eigenvalue weighted by Crippen LogP contribution is -2.15. The van der Waals surface area contributed by atoms with E-state index < -0.39 is 18.7 Å². The predicted octanol–water partition coefficient (Wildman–Crippen LogP) is 4.45. The van der Waals surface area contributed by atoms with E-state index in [9.17, 15) is 13.2 Å². The molecular weight excluding hydrogens is 229 g/mol. The van der Waals surface area contributed by atoms with E-state index in [1.165, 1.54) is 7.11 Å². The van der Waals surface area contributed by atoms with E-state index in [0.717, 1.165) is 5.56 Å². The first-order valence-electron chi connectivity index (χ1n) is 5.53. The van der Waals surface area contributed by atoms with Gasteiger partial charge >= 0.3 is 6.18 Å². The summed E-state index contributed by atoms with van der Waals surface area (Å²) >= 11 is 0. The summed E-state index contributed by atoms with van der Waals surface area (Å²) in [5.41, 5.74) is 1.60. The van der Waals surface area contributed by atoms with E-state index in [1.54, 1.807) is 18.2 Å². The number of rotatable bonds is 4. The van der Waals surface area contributed by atoms with Crippen molar-refractivity contribution in [3.63, 3.8) is 0 Å². The summed E-state index contributed by atoms with van der Waals surface area (Å²) in [6.45, 7) is 4.01. The lowest BCUT2D eigenvalue weighted by Gasteiger charge is -2.19. The van der Waals surface area contributed by atoms with Crippen LogP contribution in [0.1, 0.15) is 43.4 Å². The quantitative estimate of drug-likeness (QED) is 0.762. The van der Waals surface area contributed by atoms with Gasteiger partial charge in [0.25, 0.3) is 0 Å². The lowest BCUT2D eigenvalue weighted by atomic mass is 9.97. The Morgan fingerprint density at radius 1 is 1.18 bits per heavy atom. The lowest BCUT2D eigenvalue weighted by molar-refractivity contribution is -0.158. The van der Waals surface area contributed by atoms with Crippen LogP contribution in [-0.4, -0.2) is 13.3 Å². The van der Waals surface area contributed by atoms with Crippen LogP contribution in [0.5, 0.6) is 0 Å². The Labute approximate surface area is 99.6 Å². The SMILES string of the molecule is COC(CC(F)(F)F)c1cccc(C(C)C)c1. The summed E-state index contributed by atoms with van der Waals surface area (Å²) in [5.74, 6) is 0.290. The number of benzene rings is 1. The molecule has 96 valence electrons. The molecule has 0 aliphatic heterocycles. The Kier molecular flexibility index (Phi) is 4.57. The Balaban J connectivity index is 2.92. The van der Waals surface area contributed by atoms with Crippen molar-refractivity contribution in [2.45, 2.75) is 38.5 Å². The van der Waals surface area contributed by atoms with Crippen LogP contribution in [0, 0.1) is 0 Å². The van der Waals surface area contributed by atoms with Crippen molar-refractivity contribution in [3.8, 4) is 0 Å². The fourth-order valence-corrected chi connectivity index (χ4v) is 1.67.